The Morgan fingerprint density at radius 3 is 0.824 bits per heavy atom. The molecule has 2 heterocycles. The molecule has 4 fully saturated rings. The van der Waals surface area contributed by atoms with Crippen LogP contribution in [0.3, 0.4) is 0 Å². The second-order valence-electron chi connectivity index (χ2n) is 15.5. The molecule has 2 saturated heterocycles. The van der Waals surface area contributed by atoms with E-state index in [2.05, 4.69) is 13.8 Å². The fraction of sp³-hybridized carbons (Fsp3) is 0.902. The van der Waals surface area contributed by atoms with Gasteiger partial charge in [0.25, 0.3) is 0 Å². The van der Waals surface area contributed by atoms with Crippen LogP contribution in [0.1, 0.15) is 162 Å². The highest BCUT2D eigenvalue weighted by molar-refractivity contribution is 5.83. The van der Waals surface area contributed by atoms with Gasteiger partial charge < -0.3 is 28.4 Å². The molecule has 0 aromatic rings. The number of rotatable bonds is 28. The Bertz CT molecular complexity index is 967. The van der Waals surface area contributed by atoms with Crippen LogP contribution in [0.5, 0.6) is 0 Å². The van der Waals surface area contributed by atoms with Crippen molar-refractivity contribution in [2.45, 2.75) is 186 Å². The summed E-state index contributed by atoms with van der Waals surface area (Å²) in [7, 11) is 0. The van der Waals surface area contributed by atoms with Crippen LogP contribution in [0, 0.1) is 23.7 Å². The van der Waals surface area contributed by atoms with E-state index in [-0.39, 0.29) is 48.3 Å². The zero-order chi connectivity index (χ0) is 36.3. The van der Waals surface area contributed by atoms with Crippen molar-refractivity contribution in [3.8, 4) is 0 Å². The minimum Gasteiger partial charge on any atom is -0.465 e. The van der Waals surface area contributed by atoms with Crippen molar-refractivity contribution in [1.82, 2.24) is 0 Å². The highest BCUT2D eigenvalue weighted by Gasteiger charge is 2.54. The minimum absolute atomic E-state index is 0.0813. The van der Waals surface area contributed by atoms with E-state index in [0.717, 1.165) is 96.3 Å². The zero-order valence-corrected chi connectivity index (χ0v) is 31.8. The summed E-state index contributed by atoms with van der Waals surface area (Å²) < 4.78 is 33.6. The number of hydrogen-bond donors (Lipinski definition) is 0. The average Bonchev–Trinajstić information content (AvgIpc) is 4.07. The van der Waals surface area contributed by atoms with Gasteiger partial charge in [-0.3, -0.25) is 19.2 Å². The van der Waals surface area contributed by atoms with Gasteiger partial charge in [-0.05, 0) is 51.4 Å². The predicted molar refractivity (Wildman–Crippen MR) is 193 cm³/mol. The van der Waals surface area contributed by atoms with E-state index in [0.29, 0.717) is 52.1 Å². The molecule has 292 valence electrons. The number of hydrogen-bond acceptors (Lipinski definition) is 10. The Hall–Kier alpha value is -2.20. The van der Waals surface area contributed by atoms with Gasteiger partial charge in [-0.2, -0.15) is 0 Å². The summed E-state index contributed by atoms with van der Waals surface area (Å²) in [5.41, 5.74) is 0. The molecule has 2 aliphatic heterocycles. The largest absolute Gasteiger partial charge is 0.465 e. The van der Waals surface area contributed by atoms with Gasteiger partial charge in [0.05, 0.1) is 74.5 Å². The SMILES string of the molecule is CCCCCCCOC(=O)C1CC2OC2CC1C(=O)OCCCCCCCCCCCOC(=O)C1CC2OC2CC1C(=O)OCCCCCCC. The molecule has 4 rings (SSSR count). The lowest BCUT2D eigenvalue weighted by atomic mass is 9.79. The Kier molecular flexibility index (Phi) is 19.1. The van der Waals surface area contributed by atoms with E-state index in [9.17, 15) is 19.2 Å². The van der Waals surface area contributed by atoms with Gasteiger partial charge in [0, 0.05) is 0 Å². The van der Waals surface area contributed by atoms with E-state index >= 15 is 0 Å². The first kappa shape index (κ1) is 41.6. The minimum atomic E-state index is -0.465. The van der Waals surface area contributed by atoms with Crippen LogP contribution in [0.4, 0.5) is 0 Å². The van der Waals surface area contributed by atoms with Gasteiger partial charge in [-0.1, -0.05) is 110 Å². The third-order valence-corrected chi connectivity index (χ3v) is 11.3. The fourth-order valence-corrected chi connectivity index (χ4v) is 7.86. The number of ether oxygens (including phenoxy) is 6. The van der Waals surface area contributed by atoms with Crippen LogP contribution in [-0.4, -0.2) is 74.7 Å². The van der Waals surface area contributed by atoms with Crippen molar-refractivity contribution in [3.05, 3.63) is 0 Å². The Morgan fingerprint density at radius 2 is 0.588 bits per heavy atom. The number of fused-ring (bicyclic) bond motifs is 2. The summed E-state index contributed by atoms with van der Waals surface area (Å²) in [5, 5.41) is 0. The van der Waals surface area contributed by atoms with Crippen LogP contribution >= 0.6 is 0 Å². The van der Waals surface area contributed by atoms with Gasteiger partial charge in [0.1, 0.15) is 0 Å². The quantitative estimate of drug-likeness (QED) is 0.0337. The fourth-order valence-electron chi connectivity index (χ4n) is 7.86. The number of carbonyl (C=O) groups excluding carboxylic acids is 4. The molecule has 0 N–H and O–H groups in total. The molecule has 10 heteroatoms. The molecule has 8 atom stereocenters. The lowest BCUT2D eigenvalue weighted by Gasteiger charge is -2.26. The van der Waals surface area contributed by atoms with Gasteiger partial charge >= 0.3 is 23.9 Å². The monoisotopic (exact) mass is 720 g/mol. The number of unbranched alkanes of at least 4 members (excludes halogenated alkanes) is 16. The summed E-state index contributed by atoms with van der Waals surface area (Å²) in [4.78, 5) is 51.4. The third kappa shape index (κ3) is 15.0. The standard InChI is InChI=1S/C41H68O10/c1-3-5-7-14-18-22-46-38(42)30-26-34-36(50-34)28-32(30)40(44)48-24-20-16-12-10-9-11-13-17-21-25-49-41(45)33-29-37-35(51-37)27-31(33)39(43)47-23-19-15-8-6-4-2/h30-37H,3-29H2,1-2H3. The Balaban J connectivity index is 0.971. The summed E-state index contributed by atoms with van der Waals surface area (Å²) >= 11 is 0. The number of esters is 4. The van der Waals surface area contributed by atoms with Gasteiger partial charge in [-0.25, -0.2) is 0 Å². The van der Waals surface area contributed by atoms with E-state index < -0.39 is 23.7 Å². The highest BCUT2D eigenvalue weighted by Crippen LogP contribution is 2.45. The van der Waals surface area contributed by atoms with Crippen molar-refractivity contribution in [2.75, 3.05) is 26.4 Å². The van der Waals surface area contributed by atoms with Crippen LogP contribution in [0.15, 0.2) is 0 Å². The molecule has 4 aliphatic rings. The van der Waals surface area contributed by atoms with E-state index in [4.69, 9.17) is 28.4 Å². The van der Waals surface area contributed by atoms with Crippen molar-refractivity contribution in [1.29, 1.82) is 0 Å². The molecular formula is C41H68O10. The first-order chi connectivity index (χ1) is 24.9. The molecule has 0 amide bonds. The van der Waals surface area contributed by atoms with E-state index in [1.54, 1.807) is 0 Å². The Morgan fingerprint density at radius 1 is 0.373 bits per heavy atom. The summed E-state index contributed by atoms with van der Waals surface area (Å²) in [6, 6.07) is 0. The van der Waals surface area contributed by atoms with Gasteiger partial charge in [0.15, 0.2) is 0 Å². The molecule has 2 saturated carbocycles. The van der Waals surface area contributed by atoms with Crippen molar-refractivity contribution in [3.63, 3.8) is 0 Å². The maximum absolute atomic E-state index is 12.9. The maximum Gasteiger partial charge on any atom is 0.309 e. The number of epoxide rings is 2. The molecule has 8 unspecified atom stereocenters. The second kappa shape index (κ2) is 23.5. The summed E-state index contributed by atoms with van der Waals surface area (Å²) in [6.07, 6.45) is 22.8. The van der Waals surface area contributed by atoms with Crippen LogP contribution in [0.2, 0.25) is 0 Å². The van der Waals surface area contributed by atoms with Crippen molar-refractivity contribution in [2.24, 2.45) is 23.7 Å². The summed E-state index contributed by atoms with van der Waals surface area (Å²) in [5.74, 6) is -2.96. The lowest BCUT2D eigenvalue weighted by Crippen LogP contribution is -2.37. The van der Waals surface area contributed by atoms with Crippen LogP contribution in [-0.2, 0) is 47.6 Å². The molecule has 0 spiro atoms. The molecule has 0 radical (unpaired) electrons. The second-order valence-corrected chi connectivity index (χ2v) is 15.5. The molecular weight excluding hydrogens is 652 g/mol. The number of carbonyl (C=O) groups is 4. The topological polar surface area (TPSA) is 130 Å². The van der Waals surface area contributed by atoms with Gasteiger partial charge in [-0.15, -0.1) is 0 Å². The molecule has 51 heavy (non-hydrogen) atoms. The molecule has 0 aromatic heterocycles. The zero-order valence-electron chi connectivity index (χ0n) is 31.8. The summed E-state index contributed by atoms with van der Waals surface area (Å²) in [6.45, 7) is 5.97. The van der Waals surface area contributed by atoms with Crippen LogP contribution < -0.4 is 0 Å². The van der Waals surface area contributed by atoms with E-state index in [1.165, 1.54) is 25.7 Å². The van der Waals surface area contributed by atoms with Crippen LogP contribution in [0.25, 0.3) is 0 Å². The van der Waals surface area contributed by atoms with Gasteiger partial charge in [0.2, 0.25) is 0 Å². The maximum atomic E-state index is 12.9. The molecule has 2 aliphatic carbocycles. The van der Waals surface area contributed by atoms with Crippen molar-refractivity contribution >= 4 is 23.9 Å². The smallest absolute Gasteiger partial charge is 0.309 e. The lowest BCUT2D eigenvalue weighted by molar-refractivity contribution is -0.162. The first-order valence-electron chi connectivity index (χ1n) is 20.9. The third-order valence-electron chi connectivity index (χ3n) is 11.3. The Labute approximate surface area is 307 Å². The average molecular weight is 721 g/mol. The first-order valence-corrected chi connectivity index (χ1v) is 20.9. The highest BCUT2D eigenvalue weighted by atomic mass is 16.6. The molecule has 10 nitrogen and oxygen atoms in total. The molecule has 0 aromatic carbocycles. The predicted octanol–water partition coefficient (Wildman–Crippen LogP) is 8.20. The van der Waals surface area contributed by atoms with E-state index in [1.807, 2.05) is 0 Å². The molecule has 0 bridgehead atoms. The van der Waals surface area contributed by atoms with Crippen molar-refractivity contribution < 1.29 is 47.6 Å². The normalized spacial score (nSPS) is 27.5.